The highest BCUT2D eigenvalue weighted by atomic mass is 15.4. The van der Waals surface area contributed by atoms with Gasteiger partial charge in [-0.15, -0.1) is 0 Å². The molecule has 1 aliphatic carbocycles. The minimum absolute atomic E-state index is 1.03. The van der Waals surface area contributed by atoms with Gasteiger partial charge in [0.25, 0.3) is 0 Å². The molecule has 2 aliphatic rings. The third-order valence-corrected chi connectivity index (χ3v) is 6.37. The monoisotopic (exact) mass is 375 g/mol. The number of hydrogen-bond acceptors (Lipinski definition) is 4. The fourth-order valence-corrected chi connectivity index (χ4v) is 4.82. The Morgan fingerprint density at radius 1 is 0.964 bits per heavy atom. The van der Waals surface area contributed by atoms with E-state index in [2.05, 4.69) is 58.5 Å². The second-order valence-corrected chi connectivity index (χ2v) is 8.05. The average molecular weight is 376 g/mol. The molecule has 3 aromatic rings. The van der Waals surface area contributed by atoms with Gasteiger partial charge in [-0.1, -0.05) is 37.3 Å². The number of hydrogen-bond donors (Lipinski definition) is 0. The van der Waals surface area contributed by atoms with Gasteiger partial charge in [-0.3, -0.25) is 0 Å². The molecule has 1 aromatic carbocycles. The van der Waals surface area contributed by atoms with Crippen LogP contribution in [0, 0.1) is 6.92 Å². The Hall–Kier alpha value is -2.40. The van der Waals surface area contributed by atoms with Crippen LogP contribution in [0.1, 0.15) is 36.7 Å². The van der Waals surface area contributed by atoms with E-state index in [0.29, 0.717) is 0 Å². The molecule has 3 heterocycles. The molecule has 0 atom stereocenters. The van der Waals surface area contributed by atoms with Crippen LogP contribution in [-0.4, -0.2) is 52.2 Å². The van der Waals surface area contributed by atoms with Crippen LogP contribution in [0.2, 0.25) is 0 Å². The van der Waals surface area contributed by atoms with E-state index in [-0.39, 0.29) is 0 Å². The summed E-state index contributed by atoms with van der Waals surface area (Å²) >= 11 is 0. The van der Waals surface area contributed by atoms with Crippen LogP contribution in [0.5, 0.6) is 0 Å². The predicted molar refractivity (Wildman–Crippen MR) is 114 cm³/mol. The van der Waals surface area contributed by atoms with Crippen molar-refractivity contribution in [3.05, 3.63) is 47.3 Å². The van der Waals surface area contributed by atoms with Gasteiger partial charge in [-0.25, -0.2) is 4.98 Å². The quantitative estimate of drug-likeness (QED) is 0.699. The summed E-state index contributed by atoms with van der Waals surface area (Å²) in [7, 11) is 0. The van der Waals surface area contributed by atoms with Gasteiger partial charge >= 0.3 is 0 Å². The standard InChI is InChI=1S/C23H29N5/c1-3-26-13-15-27(16-14-26)23-19-11-7-8-12-20(19)24-22-21(17(2)25-28(22)23)18-9-5-4-6-10-18/h4-6,9-10H,3,7-8,11-16H2,1-2H3. The maximum atomic E-state index is 5.16. The number of aryl methyl sites for hydroxylation is 2. The Morgan fingerprint density at radius 2 is 1.71 bits per heavy atom. The number of rotatable bonds is 3. The molecule has 146 valence electrons. The Balaban J connectivity index is 1.70. The van der Waals surface area contributed by atoms with Gasteiger partial charge in [0, 0.05) is 43.0 Å². The van der Waals surface area contributed by atoms with Crippen LogP contribution >= 0.6 is 0 Å². The molecule has 0 saturated carbocycles. The molecule has 0 amide bonds. The molecule has 0 bridgehead atoms. The van der Waals surface area contributed by atoms with Crippen LogP contribution < -0.4 is 4.90 Å². The molecule has 2 aromatic heterocycles. The van der Waals surface area contributed by atoms with Crippen LogP contribution in [0.3, 0.4) is 0 Å². The summed E-state index contributed by atoms with van der Waals surface area (Å²) in [5.41, 5.74) is 7.21. The third-order valence-electron chi connectivity index (χ3n) is 6.37. The molecule has 5 heteroatoms. The lowest BCUT2D eigenvalue weighted by atomic mass is 9.95. The highest BCUT2D eigenvalue weighted by Crippen LogP contribution is 2.35. The van der Waals surface area contributed by atoms with Crippen molar-refractivity contribution in [2.75, 3.05) is 37.6 Å². The number of likely N-dealkylation sites (N-methyl/N-ethyl adjacent to an activating group) is 1. The minimum atomic E-state index is 1.03. The van der Waals surface area contributed by atoms with Gasteiger partial charge in [0.2, 0.25) is 0 Å². The van der Waals surface area contributed by atoms with Gasteiger partial charge in [-0.05, 0) is 44.7 Å². The molecule has 5 rings (SSSR count). The summed E-state index contributed by atoms with van der Waals surface area (Å²) in [6, 6.07) is 10.6. The SMILES string of the molecule is CCN1CCN(c2c3c(nc4c(-c5ccccc5)c(C)nn24)CCCC3)CC1. The minimum Gasteiger partial charge on any atom is -0.354 e. The van der Waals surface area contributed by atoms with Crippen molar-refractivity contribution in [1.82, 2.24) is 19.5 Å². The van der Waals surface area contributed by atoms with Crippen LogP contribution in [-0.2, 0) is 12.8 Å². The molecule has 0 radical (unpaired) electrons. The Labute approximate surface area is 167 Å². The van der Waals surface area contributed by atoms with E-state index in [0.717, 1.165) is 56.9 Å². The largest absolute Gasteiger partial charge is 0.354 e. The number of fused-ring (bicyclic) bond motifs is 2. The van der Waals surface area contributed by atoms with Crippen molar-refractivity contribution < 1.29 is 0 Å². The first-order valence-corrected chi connectivity index (χ1v) is 10.7. The highest BCUT2D eigenvalue weighted by molar-refractivity contribution is 5.81. The number of anilines is 1. The smallest absolute Gasteiger partial charge is 0.165 e. The topological polar surface area (TPSA) is 36.7 Å². The van der Waals surface area contributed by atoms with E-state index < -0.39 is 0 Å². The van der Waals surface area contributed by atoms with E-state index >= 15 is 0 Å². The van der Waals surface area contributed by atoms with Crippen molar-refractivity contribution in [2.24, 2.45) is 0 Å². The molecule has 1 saturated heterocycles. The number of nitrogens with zero attached hydrogens (tertiary/aromatic N) is 5. The molecule has 28 heavy (non-hydrogen) atoms. The molecule has 1 fully saturated rings. The van der Waals surface area contributed by atoms with E-state index in [1.54, 1.807) is 0 Å². The van der Waals surface area contributed by atoms with Crippen LogP contribution in [0.25, 0.3) is 16.8 Å². The van der Waals surface area contributed by atoms with E-state index in [1.807, 2.05) is 0 Å². The van der Waals surface area contributed by atoms with Crippen molar-refractivity contribution in [1.29, 1.82) is 0 Å². The van der Waals surface area contributed by atoms with E-state index in [4.69, 9.17) is 10.1 Å². The number of piperazine rings is 1. The maximum Gasteiger partial charge on any atom is 0.165 e. The first-order valence-electron chi connectivity index (χ1n) is 10.7. The van der Waals surface area contributed by atoms with Gasteiger partial charge in [0.15, 0.2) is 5.65 Å². The number of aromatic nitrogens is 3. The Morgan fingerprint density at radius 3 is 2.46 bits per heavy atom. The maximum absolute atomic E-state index is 5.16. The van der Waals surface area contributed by atoms with Gasteiger partial charge in [0.1, 0.15) is 5.82 Å². The fourth-order valence-electron chi connectivity index (χ4n) is 4.82. The molecule has 0 spiro atoms. The van der Waals surface area contributed by atoms with Gasteiger partial charge < -0.3 is 9.80 Å². The molecule has 5 nitrogen and oxygen atoms in total. The summed E-state index contributed by atoms with van der Waals surface area (Å²) < 4.78 is 2.16. The third kappa shape index (κ3) is 2.89. The fraction of sp³-hybridized carbons (Fsp3) is 0.478. The first kappa shape index (κ1) is 17.7. The predicted octanol–water partition coefficient (Wildman–Crippen LogP) is 3.73. The summed E-state index contributed by atoms with van der Waals surface area (Å²) in [5, 5.41) is 5.01. The van der Waals surface area contributed by atoms with Crippen molar-refractivity contribution in [2.45, 2.75) is 39.5 Å². The highest BCUT2D eigenvalue weighted by Gasteiger charge is 2.27. The second-order valence-electron chi connectivity index (χ2n) is 8.05. The zero-order valence-corrected chi connectivity index (χ0v) is 17.0. The summed E-state index contributed by atoms with van der Waals surface area (Å²) in [4.78, 5) is 10.3. The average Bonchev–Trinajstić information content (AvgIpc) is 3.08. The van der Waals surface area contributed by atoms with Crippen molar-refractivity contribution in [3.63, 3.8) is 0 Å². The van der Waals surface area contributed by atoms with Crippen molar-refractivity contribution in [3.8, 4) is 11.1 Å². The number of benzene rings is 1. The summed E-state index contributed by atoms with van der Waals surface area (Å²) in [6.45, 7) is 9.90. The van der Waals surface area contributed by atoms with Crippen LogP contribution in [0.15, 0.2) is 30.3 Å². The van der Waals surface area contributed by atoms with Crippen molar-refractivity contribution >= 4 is 11.5 Å². The first-order chi connectivity index (χ1) is 13.8. The zero-order valence-electron chi connectivity index (χ0n) is 17.0. The van der Waals surface area contributed by atoms with Crippen LogP contribution in [0.4, 0.5) is 5.82 Å². The Bertz CT molecular complexity index is 983. The lowest BCUT2D eigenvalue weighted by molar-refractivity contribution is 0.270. The van der Waals surface area contributed by atoms with Gasteiger partial charge in [0.05, 0.1) is 5.69 Å². The molecule has 0 unspecified atom stereocenters. The summed E-state index contributed by atoms with van der Waals surface area (Å²) in [5.74, 6) is 1.31. The molecular formula is C23H29N5. The van der Waals surface area contributed by atoms with E-state index in [9.17, 15) is 0 Å². The molecule has 1 aliphatic heterocycles. The zero-order chi connectivity index (χ0) is 19.1. The molecular weight excluding hydrogens is 346 g/mol. The molecule has 0 N–H and O–H groups in total. The second kappa shape index (κ2) is 7.21. The lowest BCUT2D eigenvalue weighted by Crippen LogP contribution is -2.47. The van der Waals surface area contributed by atoms with E-state index in [1.165, 1.54) is 41.0 Å². The lowest BCUT2D eigenvalue weighted by Gasteiger charge is -2.37. The normalized spacial score (nSPS) is 17.9. The van der Waals surface area contributed by atoms with Gasteiger partial charge in [-0.2, -0.15) is 9.61 Å². The summed E-state index contributed by atoms with van der Waals surface area (Å²) in [6.07, 6.45) is 4.72. The Kier molecular flexibility index (Phi) is 4.55.